The number of hydrogen-bond acceptors (Lipinski definition) is 3. The molecule has 0 saturated heterocycles. The van der Waals surface area contributed by atoms with Gasteiger partial charge in [0, 0.05) is 19.7 Å². The molecule has 1 aromatic carbocycles. The van der Waals surface area contributed by atoms with Gasteiger partial charge in [0.1, 0.15) is 11.7 Å². The van der Waals surface area contributed by atoms with E-state index >= 15 is 0 Å². The third-order valence-corrected chi connectivity index (χ3v) is 4.19. The van der Waals surface area contributed by atoms with Crippen LogP contribution >= 0.6 is 0 Å². The number of aromatic nitrogens is 1. The van der Waals surface area contributed by atoms with Crippen LogP contribution < -0.4 is 0 Å². The molecule has 5 nitrogen and oxygen atoms in total. The van der Waals surface area contributed by atoms with E-state index in [-0.39, 0.29) is 17.5 Å². The van der Waals surface area contributed by atoms with Crippen LogP contribution in [0.3, 0.4) is 0 Å². The minimum Gasteiger partial charge on any atom is -0.480 e. The average Bonchev–Trinajstić information content (AvgIpc) is 2.58. The first-order chi connectivity index (χ1) is 11.7. The highest BCUT2D eigenvalue weighted by Gasteiger charge is 2.28. The molecule has 0 fully saturated rings. The van der Waals surface area contributed by atoms with Gasteiger partial charge in [-0.15, -0.1) is 0 Å². The first-order valence-corrected chi connectivity index (χ1v) is 8.20. The summed E-state index contributed by atoms with van der Waals surface area (Å²) in [5.74, 6) is -1.44. The molecule has 0 aliphatic rings. The second-order valence-electron chi connectivity index (χ2n) is 7.14. The highest BCUT2D eigenvalue weighted by Crippen LogP contribution is 2.21. The van der Waals surface area contributed by atoms with E-state index < -0.39 is 17.9 Å². The van der Waals surface area contributed by atoms with Crippen molar-refractivity contribution in [2.75, 3.05) is 7.05 Å². The Labute approximate surface area is 148 Å². The summed E-state index contributed by atoms with van der Waals surface area (Å²) in [7, 11) is 1.50. The van der Waals surface area contributed by atoms with Crippen molar-refractivity contribution in [3.8, 4) is 0 Å². The van der Waals surface area contributed by atoms with Gasteiger partial charge in [0.25, 0.3) is 5.91 Å². The van der Waals surface area contributed by atoms with Gasteiger partial charge in [-0.05, 0) is 22.6 Å². The summed E-state index contributed by atoms with van der Waals surface area (Å²) in [6.45, 7) is 6.20. The SMILES string of the molecule is CN(C(=O)c1ccc(C(C)(C)C)cn1)C(Cc1ccccc1)C(=O)O. The minimum atomic E-state index is -1.04. The quantitative estimate of drug-likeness (QED) is 0.908. The van der Waals surface area contributed by atoms with Crippen molar-refractivity contribution in [3.63, 3.8) is 0 Å². The Bertz CT molecular complexity index is 734. The third-order valence-electron chi connectivity index (χ3n) is 4.19. The molecule has 2 rings (SSSR count). The van der Waals surface area contributed by atoms with Crippen LogP contribution in [0.1, 0.15) is 42.4 Å². The van der Waals surface area contributed by atoms with Gasteiger partial charge in [0.2, 0.25) is 0 Å². The van der Waals surface area contributed by atoms with Crippen LogP contribution in [0.25, 0.3) is 0 Å². The van der Waals surface area contributed by atoms with Crippen molar-refractivity contribution in [3.05, 3.63) is 65.5 Å². The molecule has 0 radical (unpaired) electrons. The van der Waals surface area contributed by atoms with Gasteiger partial charge in [-0.25, -0.2) is 4.79 Å². The monoisotopic (exact) mass is 340 g/mol. The number of hydrogen-bond donors (Lipinski definition) is 1. The minimum absolute atomic E-state index is 0.0581. The van der Waals surface area contributed by atoms with Crippen LogP contribution in [0, 0.1) is 0 Å². The van der Waals surface area contributed by atoms with Crippen LogP contribution in [0.15, 0.2) is 48.7 Å². The highest BCUT2D eigenvalue weighted by atomic mass is 16.4. The van der Waals surface area contributed by atoms with Crippen molar-refractivity contribution in [1.82, 2.24) is 9.88 Å². The summed E-state index contributed by atoms with van der Waals surface area (Å²) in [6.07, 6.45) is 1.92. The molecule has 1 atom stereocenters. The molecule has 132 valence electrons. The molecule has 1 amide bonds. The Morgan fingerprint density at radius 1 is 1.12 bits per heavy atom. The summed E-state index contributed by atoms with van der Waals surface area (Å²) in [5, 5.41) is 9.54. The van der Waals surface area contributed by atoms with Crippen molar-refractivity contribution in [2.45, 2.75) is 38.6 Å². The predicted molar refractivity (Wildman–Crippen MR) is 96.6 cm³/mol. The average molecular weight is 340 g/mol. The fourth-order valence-electron chi connectivity index (χ4n) is 2.51. The second-order valence-corrected chi connectivity index (χ2v) is 7.14. The van der Waals surface area contributed by atoms with E-state index in [0.29, 0.717) is 0 Å². The number of aliphatic carboxylic acids is 1. The number of nitrogens with zero attached hydrogens (tertiary/aromatic N) is 2. The van der Waals surface area contributed by atoms with Crippen LogP contribution in [0.4, 0.5) is 0 Å². The molecule has 1 heterocycles. The van der Waals surface area contributed by atoms with Crippen molar-refractivity contribution in [1.29, 1.82) is 0 Å². The highest BCUT2D eigenvalue weighted by molar-refractivity contribution is 5.94. The molecule has 0 aliphatic heterocycles. The number of carboxylic acids is 1. The largest absolute Gasteiger partial charge is 0.480 e. The van der Waals surface area contributed by atoms with Crippen molar-refractivity contribution < 1.29 is 14.7 Å². The number of carbonyl (C=O) groups is 2. The summed E-state index contributed by atoms with van der Waals surface area (Å²) < 4.78 is 0. The van der Waals surface area contributed by atoms with Crippen LogP contribution in [-0.4, -0.2) is 40.0 Å². The maximum atomic E-state index is 12.6. The molecule has 25 heavy (non-hydrogen) atoms. The summed E-state index contributed by atoms with van der Waals surface area (Å²) in [4.78, 5) is 29.8. The maximum absolute atomic E-state index is 12.6. The van der Waals surface area contributed by atoms with Crippen LogP contribution in [0.2, 0.25) is 0 Å². The zero-order valence-corrected chi connectivity index (χ0v) is 15.1. The van der Waals surface area contributed by atoms with Gasteiger partial charge in [0.05, 0.1) is 0 Å². The number of pyridine rings is 1. The number of amides is 1. The molecule has 0 bridgehead atoms. The van der Waals surface area contributed by atoms with E-state index in [1.54, 1.807) is 12.3 Å². The standard InChI is InChI=1S/C20H24N2O3/c1-20(2,3)15-10-11-16(21-13-15)18(23)22(4)17(19(24)25)12-14-8-6-5-7-9-14/h5-11,13,17H,12H2,1-4H3,(H,24,25). The van der Waals surface area contributed by atoms with E-state index in [2.05, 4.69) is 25.8 Å². The lowest BCUT2D eigenvalue weighted by atomic mass is 9.88. The Morgan fingerprint density at radius 3 is 2.24 bits per heavy atom. The molecular weight excluding hydrogens is 316 g/mol. The van der Waals surface area contributed by atoms with E-state index in [1.165, 1.54) is 11.9 Å². The first-order valence-electron chi connectivity index (χ1n) is 8.20. The van der Waals surface area contributed by atoms with E-state index in [9.17, 15) is 14.7 Å². The number of benzene rings is 1. The fraction of sp³-hybridized carbons (Fsp3) is 0.350. The Balaban J connectivity index is 2.19. The Kier molecular flexibility index (Phi) is 5.57. The summed E-state index contributed by atoms with van der Waals surface area (Å²) >= 11 is 0. The van der Waals surface area contributed by atoms with Crippen LogP contribution in [0.5, 0.6) is 0 Å². The summed E-state index contributed by atoms with van der Waals surface area (Å²) in [6, 6.07) is 11.8. The predicted octanol–water partition coefficient (Wildman–Crippen LogP) is 3.15. The van der Waals surface area contributed by atoms with Gasteiger partial charge < -0.3 is 10.0 Å². The molecule has 5 heteroatoms. The molecule has 1 N–H and O–H groups in total. The van der Waals surface area contributed by atoms with Gasteiger partial charge >= 0.3 is 5.97 Å². The number of carboxylic acid groups (broad SMARTS) is 1. The van der Waals surface area contributed by atoms with Gasteiger partial charge in [0.15, 0.2) is 0 Å². The van der Waals surface area contributed by atoms with Crippen molar-refractivity contribution in [2.24, 2.45) is 0 Å². The number of rotatable bonds is 5. The second kappa shape index (κ2) is 7.47. The lowest BCUT2D eigenvalue weighted by molar-refractivity contribution is -0.141. The Hall–Kier alpha value is -2.69. The van der Waals surface area contributed by atoms with Gasteiger partial charge in [-0.3, -0.25) is 9.78 Å². The molecule has 1 aromatic heterocycles. The first kappa shape index (κ1) is 18.6. The third kappa shape index (κ3) is 4.66. The molecule has 0 saturated carbocycles. The zero-order chi connectivity index (χ0) is 18.6. The maximum Gasteiger partial charge on any atom is 0.326 e. The molecule has 0 aliphatic carbocycles. The van der Waals surface area contributed by atoms with E-state index in [0.717, 1.165) is 11.1 Å². The van der Waals surface area contributed by atoms with E-state index in [1.807, 2.05) is 36.4 Å². The van der Waals surface area contributed by atoms with Crippen LogP contribution in [-0.2, 0) is 16.6 Å². The van der Waals surface area contributed by atoms with Crippen molar-refractivity contribution >= 4 is 11.9 Å². The smallest absolute Gasteiger partial charge is 0.326 e. The molecule has 2 aromatic rings. The van der Waals surface area contributed by atoms with Gasteiger partial charge in [-0.2, -0.15) is 0 Å². The Morgan fingerprint density at radius 2 is 1.76 bits per heavy atom. The topological polar surface area (TPSA) is 70.5 Å². The normalized spacial score (nSPS) is 12.5. The van der Waals surface area contributed by atoms with E-state index in [4.69, 9.17) is 0 Å². The number of carbonyl (C=O) groups excluding carboxylic acids is 1. The molecule has 0 spiro atoms. The fourth-order valence-corrected chi connectivity index (χ4v) is 2.51. The lowest BCUT2D eigenvalue weighted by Crippen LogP contribution is -2.44. The zero-order valence-electron chi connectivity index (χ0n) is 15.1. The summed E-state index contributed by atoms with van der Waals surface area (Å²) in [5.41, 5.74) is 2.07. The van der Waals surface area contributed by atoms with Gasteiger partial charge in [-0.1, -0.05) is 57.2 Å². The molecular formula is C20H24N2O3. The lowest BCUT2D eigenvalue weighted by Gasteiger charge is -2.25. The molecule has 1 unspecified atom stereocenters. The number of likely N-dealkylation sites (N-methyl/N-ethyl adjacent to an activating group) is 1.